The van der Waals surface area contributed by atoms with E-state index in [-0.39, 0.29) is 29.2 Å². The molecule has 8 aliphatic rings. The first-order valence-corrected chi connectivity index (χ1v) is 18.7. The van der Waals surface area contributed by atoms with E-state index in [0.717, 1.165) is 61.8 Å². The lowest BCUT2D eigenvalue weighted by atomic mass is 9.31. The number of hydrogen-bond acceptors (Lipinski definition) is 5. The highest BCUT2D eigenvalue weighted by Crippen LogP contribution is 2.84. The number of rotatable bonds is 7. The van der Waals surface area contributed by atoms with Gasteiger partial charge in [0.15, 0.2) is 5.60 Å². The van der Waals surface area contributed by atoms with E-state index < -0.39 is 16.4 Å². The van der Waals surface area contributed by atoms with Crippen molar-refractivity contribution in [1.82, 2.24) is 0 Å². The van der Waals surface area contributed by atoms with Crippen molar-refractivity contribution in [3.05, 3.63) is 95.3 Å². The molecule has 5 nitrogen and oxygen atoms in total. The first-order valence-electron chi connectivity index (χ1n) is 18.7. The van der Waals surface area contributed by atoms with Crippen molar-refractivity contribution in [1.29, 1.82) is 0 Å². The highest BCUT2D eigenvalue weighted by atomic mass is 16.6. The predicted octanol–water partition coefficient (Wildman–Crippen LogP) is 8.41. The van der Waals surface area contributed by atoms with Crippen LogP contribution >= 0.6 is 0 Å². The first-order chi connectivity index (χ1) is 23.0. The van der Waals surface area contributed by atoms with E-state index >= 15 is 0 Å². The molecule has 47 heavy (non-hydrogen) atoms. The fraction of sp³-hybridized carbons (Fsp3) is 0.571. The SMILES string of the molecule is NCCCc1cccc2c1C(=O)O[C@@]21[C@@H](CCC2CCCCC2)[C@]23C=CCC[C@]12/C(=C/[C@H]1C=C[C@H]2CC[C@H]4C=CC=C[C@@]42C1)OC3=O. The molecule has 1 aromatic rings. The zero-order chi connectivity index (χ0) is 31.9. The van der Waals surface area contributed by atoms with Gasteiger partial charge in [-0.2, -0.15) is 0 Å². The Bertz CT molecular complexity index is 1640. The van der Waals surface area contributed by atoms with Crippen LogP contribution in [0, 0.1) is 45.8 Å². The fourth-order valence-corrected chi connectivity index (χ4v) is 12.3. The lowest BCUT2D eigenvalue weighted by molar-refractivity contribution is -0.271. The van der Waals surface area contributed by atoms with Gasteiger partial charge in [-0.05, 0) is 99.6 Å². The number of carbonyl (C=O) groups is 2. The van der Waals surface area contributed by atoms with Gasteiger partial charge in [0.2, 0.25) is 0 Å². The maximum Gasteiger partial charge on any atom is 0.339 e. The van der Waals surface area contributed by atoms with Crippen molar-refractivity contribution in [2.45, 2.75) is 95.5 Å². The molecule has 1 saturated heterocycles. The molecular formula is C42H49NO4. The maximum absolute atomic E-state index is 14.5. The van der Waals surface area contributed by atoms with Crippen LogP contribution in [0.5, 0.6) is 0 Å². The Morgan fingerprint density at radius 2 is 1.79 bits per heavy atom. The highest BCUT2D eigenvalue weighted by molar-refractivity contribution is 5.99. The minimum atomic E-state index is -0.919. The van der Waals surface area contributed by atoms with E-state index in [2.05, 4.69) is 72.9 Å². The summed E-state index contributed by atoms with van der Waals surface area (Å²) in [6.07, 6.45) is 35.7. The molecule has 2 spiro atoms. The third-order valence-electron chi connectivity index (χ3n) is 14.2. The van der Waals surface area contributed by atoms with Gasteiger partial charge in [0.25, 0.3) is 0 Å². The highest BCUT2D eigenvalue weighted by Gasteiger charge is 2.90. The molecule has 1 aromatic carbocycles. The van der Waals surface area contributed by atoms with Gasteiger partial charge in [0, 0.05) is 16.9 Å². The standard InChI is InChI=1S/C42H49NO4/c43-25-9-13-30-12-8-15-33-36(30)37(44)47-42(33)34(21-17-28-10-2-1-3-11-28)40-23-6-7-24-41(40,42)35(46-38(40)45)26-29-16-18-32-20-19-31-14-4-5-22-39(31,32)27-29/h4-6,8,12,14-16,18,22-23,26,28-29,31-32,34H,1-3,7,9-11,13,17,19-21,24-25,27,43H2/b35-26-/t29-,31-,32+,34+,39-,40+,41-,42-/m1/s1. The van der Waals surface area contributed by atoms with Crippen LogP contribution in [0.2, 0.25) is 0 Å². The summed E-state index contributed by atoms with van der Waals surface area (Å²) in [5.74, 6) is 2.14. The van der Waals surface area contributed by atoms with E-state index in [1.54, 1.807) is 0 Å². The minimum Gasteiger partial charge on any atom is -0.449 e. The van der Waals surface area contributed by atoms with Gasteiger partial charge in [-0.25, -0.2) is 4.79 Å². The summed E-state index contributed by atoms with van der Waals surface area (Å²) in [5.41, 5.74) is 6.29. The van der Waals surface area contributed by atoms with Crippen molar-refractivity contribution in [2.75, 3.05) is 6.54 Å². The summed E-state index contributed by atoms with van der Waals surface area (Å²) in [4.78, 5) is 28.7. The Balaban J connectivity index is 1.18. The molecule has 3 saturated carbocycles. The van der Waals surface area contributed by atoms with Crippen LogP contribution in [0.3, 0.4) is 0 Å². The molecule has 0 amide bonds. The molecule has 0 bridgehead atoms. The second-order valence-corrected chi connectivity index (χ2v) is 16.0. The first kappa shape index (κ1) is 29.9. The molecule has 2 heterocycles. The number of carbonyl (C=O) groups excluding carboxylic acids is 2. The molecule has 2 N–H and O–H groups in total. The van der Waals surface area contributed by atoms with Crippen molar-refractivity contribution < 1.29 is 19.1 Å². The molecule has 5 heteroatoms. The van der Waals surface area contributed by atoms with Gasteiger partial charge in [-0.1, -0.05) is 98.9 Å². The van der Waals surface area contributed by atoms with Crippen LogP contribution in [0.15, 0.2) is 78.6 Å². The van der Waals surface area contributed by atoms with Gasteiger partial charge in [0.1, 0.15) is 11.2 Å². The third kappa shape index (κ3) is 3.81. The van der Waals surface area contributed by atoms with Crippen molar-refractivity contribution >= 4 is 11.9 Å². The largest absolute Gasteiger partial charge is 0.449 e. The van der Waals surface area contributed by atoms with Gasteiger partial charge in [0.05, 0.1) is 11.0 Å². The number of nitrogens with two attached hydrogens (primary N) is 1. The van der Waals surface area contributed by atoms with E-state index in [4.69, 9.17) is 15.2 Å². The van der Waals surface area contributed by atoms with Crippen LogP contribution in [0.25, 0.3) is 0 Å². The summed E-state index contributed by atoms with van der Waals surface area (Å²) < 4.78 is 13.5. The van der Waals surface area contributed by atoms with E-state index in [1.807, 2.05) is 0 Å². The molecule has 9 rings (SSSR count). The van der Waals surface area contributed by atoms with Crippen molar-refractivity contribution in [3.63, 3.8) is 0 Å². The molecule has 4 fully saturated rings. The van der Waals surface area contributed by atoms with Crippen LogP contribution in [-0.2, 0) is 26.3 Å². The van der Waals surface area contributed by atoms with Crippen molar-refractivity contribution in [3.8, 4) is 0 Å². The number of fused-ring (bicyclic) bond motifs is 2. The molecular weight excluding hydrogens is 582 g/mol. The maximum atomic E-state index is 14.5. The number of hydrogen-bond donors (Lipinski definition) is 1. The van der Waals surface area contributed by atoms with Gasteiger partial charge < -0.3 is 15.2 Å². The molecule has 2 aliphatic heterocycles. The Morgan fingerprint density at radius 3 is 2.64 bits per heavy atom. The summed E-state index contributed by atoms with van der Waals surface area (Å²) in [6, 6.07) is 6.29. The second kappa shape index (κ2) is 10.9. The second-order valence-electron chi connectivity index (χ2n) is 16.0. The zero-order valence-electron chi connectivity index (χ0n) is 27.6. The average Bonchev–Trinajstić information content (AvgIpc) is 3.71. The zero-order valence-corrected chi connectivity index (χ0v) is 27.6. The lowest BCUT2D eigenvalue weighted by Crippen LogP contribution is -2.75. The molecule has 0 unspecified atom stereocenters. The fourth-order valence-electron chi connectivity index (χ4n) is 12.3. The quantitative estimate of drug-likeness (QED) is 0.242. The summed E-state index contributed by atoms with van der Waals surface area (Å²) in [5, 5.41) is 0. The van der Waals surface area contributed by atoms with Crippen LogP contribution < -0.4 is 5.73 Å². The number of esters is 2. The number of allylic oxidation sites excluding steroid dienone is 8. The average molecular weight is 632 g/mol. The Hall–Kier alpha value is -3.18. The van der Waals surface area contributed by atoms with Crippen LogP contribution in [-0.4, -0.2) is 18.5 Å². The Labute approximate surface area is 279 Å². The van der Waals surface area contributed by atoms with Crippen LogP contribution in [0.4, 0.5) is 0 Å². The molecule has 0 aromatic heterocycles. The predicted molar refractivity (Wildman–Crippen MR) is 182 cm³/mol. The number of aryl methyl sites for hydroxylation is 1. The Kier molecular flexibility index (Phi) is 6.95. The van der Waals surface area contributed by atoms with Gasteiger partial charge >= 0.3 is 11.9 Å². The van der Waals surface area contributed by atoms with Gasteiger partial charge in [-0.3, -0.25) is 4.79 Å². The number of cyclic esters (lactones) is 1. The summed E-state index contributed by atoms with van der Waals surface area (Å²) in [6.45, 7) is 0.573. The monoisotopic (exact) mass is 631 g/mol. The van der Waals surface area contributed by atoms with Crippen molar-refractivity contribution in [2.24, 2.45) is 51.6 Å². The lowest BCUT2D eigenvalue weighted by Gasteiger charge is -2.68. The smallest absolute Gasteiger partial charge is 0.339 e. The third-order valence-corrected chi connectivity index (χ3v) is 14.2. The molecule has 8 atom stereocenters. The van der Waals surface area contributed by atoms with E-state index in [0.29, 0.717) is 29.9 Å². The summed E-state index contributed by atoms with van der Waals surface area (Å²) in [7, 11) is 0. The minimum absolute atomic E-state index is 0.124. The topological polar surface area (TPSA) is 78.6 Å². The van der Waals surface area contributed by atoms with Gasteiger partial charge in [-0.15, -0.1) is 0 Å². The molecule has 6 aliphatic carbocycles. The van der Waals surface area contributed by atoms with Crippen LogP contribution in [0.1, 0.15) is 105 Å². The Morgan fingerprint density at radius 1 is 0.936 bits per heavy atom. The molecule has 246 valence electrons. The normalized spacial score (nSPS) is 41.7. The number of ether oxygens (including phenoxy) is 2. The summed E-state index contributed by atoms with van der Waals surface area (Å²) >= 11 is 0. The van der Waals surface area contributed by atoms with E-state index in [1.165, 1.54) is 44.9 Å². The van der Waals surface area contributed by atoms with E-state index in [9.17, 15) is 9.59 Å². The number of benzene rings is 1. The molecule has 0 radical (unpaired) electrons.